The van der Waals surface area contributed by atoms with Crippen LogP contribution in [0.3, 0.4) is 0 Å². The second-order valence-electron chi connectivity index (χ2n) is 7.44. The van der Waals surface area contributed by atoms with E-state index in [0.717, 1.165) is 35.3 Å². The highest BCUT2D eigenvalue weighted by molar-refractivity contribution is 6.32. The third-order valence-corrected chi connectivity index (χ3v) is 5.76. The molecule has 0 spiro atoms. The van der Waals surface area contributed by atoms with Gasteiger partial charge in [0.1, 0.15) is 11.9 Å². The molecule has 1 aromatic carbocycles. The normalized spacial score (nSPS) is 14.1. The van der Waals surface area contributed by atoms with Gasteiger partial charge in [-0.2, -0.15) is 0 Å². The number of aromatic nitrogens is 4. The highest BCUT2D eigenvalue weighted by atomic mass is 35.5. The van der Waals surface area contributed by atoms with E-state index >= 15 is 0 Å². The topological polar surface area (TPSA) is 85.0 Å². The van der Waals surface area contributed by atoms with Gasteiger partial charge in [0.15, 0.2) is 11.3 Å². The van der Waals surface area contributed by atoms with E-state index in [1.165, 1.54) is 6.33 Å². The summed E-state index contributed by atoms with van der Waals surface area (Å²) in [5.74, 6) is 0.630. The lowest BCUT2D eigenvalue weighted by Gasteiger charge is -2.27. The van der Waals surface area contributed by atoms with Crippen molar-refractivity contribution in [2.75, 3.05) is 6.54 Å². The van der Waals surface area contributed by atoms with Gasteiger partial charge in [-0.25, -0.2) is 19.9 Å². The molecule has 5 rings (SSSR count). The third kappa shape index (κ3) is 3.46. The lowest BCUT2D eigenvalue weighted by atomic mass is 10.1. The third-order valence-electron chi connectivity index (χ3n) is 5.35. The number of hydrogen-bond acceptors (Lipinski definition) is 7. The predicted molar refractivity (Wildman–Crippen MR) is 113 cm³/mol. The first-order chi connectivity index (χ1) is 14.6. The van der Waals surface area contributed by atoms with Crippen molar-refractivity contribution < 1.29 is 4.42 Å². The van der Waals surface area contributed by atoms with Crippen LogP contribution in [0.1, 0.15) is 22.4 Å². The van der Waals surface area contributed by atoms with Crippen LogP contribution in [0.15, 0.2) is 52.5 Å². The van der Waals surface area contributed by atoms with Crippen LogP contribution in [0.2, 0.25) is 5.02 Å². The number of nitrogens with zero attached hydrogens (tertiary/aromatic N) is 5. The van der Waals surface area contributed by atoms with Gasteiger partial charge < -0.3 is 4.42 Å². The van der Waals surface area contributed by atoms with Crippen molar-refractivity contribution in [3.8, 4) is 11.4 Å². The zero-order valence-electron chi connectivity index (χ0n) is 16.3. The summed E-state index contributed by atoms with van der Waals surface area (Å²) < 4.78 is 5.71. The monoisotopic (exact) mass is 419 g/mol. The van der Waals surface area contributed by atoms with E-state index in [0.29, 0.717) is 40.5 Å². The predicted octanol–water partition coefficient (Wildman–Crippen LogP) is 3.56. The molecule has 30 heavy (non-hydrogen) atoms. The molecule has 7 nitrogen and oxygen atoms in total. The Hall–Kier alpha value is -3.16. The Morgan fingerprint density at radius 1 is 1.20 bits per heavy atom. The fourth-order valence-electron chi connectivity index (χ4n) is 3.70. The van der Waals surface area contributed by atoms with Gasteiger partial charge in [0.25, 0.3) is 0 Å². The standard InChI is InChI=1S/C22H18ClN5O2/c1-13-4-20-17(5-18(13)23)21(29)16(11-30-20)10-28-3-2-19-15(9-28)8-26-22(27-19)14-6-24-12-25-7-14/h4-8,11-12H,2-3,9-10H2,1H3. The van der Waals surface area contributed by atoms with E-state index in [-0.39, 0.29) is 5.43 Å². The Morgan fingerprint density at radius 3 is 2.87 bits per heavy atom. The van der Waals surface area contributed by atoms with Crippen molar-refractivity contribution >= 4 is 22.6 Å². The first kappa shape index (κ1) is 18.8. The summed E-state index contributed by atoms with van der Waals surface area (Å²) in [5.41, 5.74) is 4.89. The zero-order valence-corrected chi connectivity index (χ0v) is 17.1. The van der Waals surface area contributed by atoms with Gasteiger partial charge in [0, 0.05) is 60.8 Å². The number of fused-ring (bicyclic) bond motifs is 2. The molecule has 0 amide bonds. The average molecular weight is 420 g/mol. The van der Waals surface area contributed by atoms with E-state index in [1.54, 1.807) is 30.8 Å². The largest absolute Gasteiger partial charge is 0.464 e. The summed E-state index contributed by atoms with van der Waals surface area (Å²) >= 11 is 6.20. The molecule has 0 unspecified atom stereocenters. The number of benzene rings is 1. The van der Waals surface area contributed by atoms with Crippen molar-refractivity contribution in [2.45, 2.75) is 26.4 Å². The van der Waals surface area contributed by atoms with Crippen LogP contribution in [0.5, 0.6) is 0 Å². The first-order valence-corrected chi connectivity index (χ1v) is 9.99. The molecule has 4 heterocycles. The highest BCUT2D eigenvalue weighted by Gasteiger charge is 2.21. The molecular weight excluding hydrogens is 402 g/mol. The molecular formula is C22H18ClN5O2. The summed E-state index contributed by atoms with van der Waals surface area (Å²) in [6.45, 7) is 3.85. The highest BCUT2D eigenvalue weighted by Crippen LogP contribution is 2.24. The number of halogens is 1. The van der Waals surface area contributed by atoms with Crippen LogP contribution >= 0.6 is 11.6 Å². The Morgan fingerprint density at radius 2 is 2.03 bits per heavy atom. The van der Waals surface area contributed by atoms with Crippen molar-refractivity contribution in [3.63, 3.8) is 0 Å². The van der Waals surface area contributed by atoms with Crippen LogP contribution in [-0.2, 0) is 19.5 Å². The summed E-state index contributed by atoms with van der Waals surface area (Å²) in [6.07, 6.45) is 9.08. The van der Waals surface area contributed by atoms with Crippen LogP contribution in [-0.4, -0.2) is 31.4 Å². The molecule has 0 N–H and O–H groups in total. The van der Waals surface area contributed by atoms with Gasteiger partial charge in [-0.05, 0) is 24.6 Å². The van der Waals surface area contributed by atoms with E-state index < -0.39 is 0 Å². The lowest BCUT2D eigenvalue weighted by molar-refractivity contribution is 0.240. The number of hydrogen-bond donors (Lipinski definition) is 0. The summed E-state index contributed by atoms with van der Waals surface area (Å²) in [7, 11) is 0. The average Bonchev–Trinajstić information content (AvgIpc) is 2.77. The fourth-order valence-corrected chi connectivity index (χ4v) is 3.87. The Kier molecular flexibility index (Phi) is 4.77. The van der Waals surface area contributed by atoms with E-state index in [9.17, 15) is 4.79 Å². The molecule has 8 heteroatoms. The van der Waals surface area contributed by atoms with Crippen molar-refractivity contribution in [3.05, 3.63) is 80.9 Å². The second kappa shape index (κ2) is 7.59. The summed E-state index contributed by atoms with van der Waals surface area (Å²) in [4.78, 5) is 32.3. The molecule has 0 atom stereocenters. The lowest BCUT2D eigenvalue weighted by Crippen LogP contribution is -2.32. The molecule has 0 fully saturated rings. The molecule has 0 saturated carbocycles. The van der Waals surface area contributed by atoms with Gasteiger partial charge in [-0.1, -0.05) is 11.6 Å². The van der Waals surface area contributed by atoms with Crippen molar-refractivity contribution in [2.24, 2.45) is 0 Å². The minimum absolute atomic E-state index is 0.0420. The first-order valence-electron chi connectivity index (χ1n) is 9.61. The molecule has 0 bridgehead atoms. The smallest absolute Gasteiger partial charge is 0.197 e. The minimum atomic E-state index is -0.0420. The van der Waals surface area contributed by atoms with E-state index in [1.807, 2.05) is 13.1 Å². The summed E-state index contributed by atoms with van der Waals surface area (Å²) in [5, 5.41) is 1.08. The maximum atomic E-state index is 12.9. The molecule has 1 aliphatic rings. The van der Waals surface area contributed by atoms with E-state index in [4.69, 9.17) is 16.0 Å². The van der Waals surface area contributed by atoms with Crippen LogP contribution < -0.4 is 5.43 Å². The molecule has 150 valence electrons. The molecule has 0 radical (unpaired) electrons. The Balaban J connectivity index is 1.39. The van der Waals surface area contributed by atoms with Gasteiger partial charge in [0.2, 0.25) is 0 Å². The van der Waals surface area contributed by atoms with Crippen molar-refractivity contribution in [1.29, 1.82) is 0 Å². The second-order valence-corrected chi connectivity index (χ2v) is 7.85. The molecule has 1 aliphatic heterocycles. The maximum absolute atomic E-state index is 12.9. The zero-order chi connectivity index (χ0) is 20.7. The van der Waals surface area contributed by atoms with Crippen molar-refractivity contribution in [1.82, 2.24) is 24.8 Å². The summed E-state index contributed by atoms with van der Waals surface area (Å²) in [6, 6.07) is 3.49. The molecule has 0 saturated heterocycles. The van der Waals surface area contributed by atoms with Gasteiger partial charge in [-0.3, -0.25) is 9.69 Å². The Bertz CT molecular complexity index is 1310. The fraction of sp³-hybridized carbons (Fsp3) is 0.227. The minimum Gasteiger partial charge on any atom is -0.464 e. The van der Waals surface area contributed by atoms with Gasteiger partial charge in [0.05, 0.1) is 22.9 Å². The quantitative estimate of drug-likeness (QED) is 0.501. The van der Waals surface area contributed by atoms with Gasteiger partial charge >= 0.3 is 0 Å². The molecule has 3 aromatic heterocycles. The molecule has 0 aliphatic carbocycles. The van der Waals surface area contributed by atoms with E-state index in [2.05, 4.69) is 24.8 Å². The number of rotatable bonds is 3. The van der Waals surface area contributed by atoms with Crippen LogP contribution in [0.25, 0.3) is 22.4 Å². The van der Waals surface area contributed by atoms with Gasteiger partial charge in [-0.15, -0.1) is 0 Å². The van der Waals surface area contributed by atoms with Crippen LogP contribution in [0.4, 0.5) is 0 Å². The Labute approximate surface area is 177 Å². The molecule has 4 aromatic rings. The SMILES string of the molecule is Cc1cc2occ(CN3CCc4nc(-c5cncnc5)ncc4C3)c(=O)c2cc1Cl. The maximum Gasteiger partial charge on any atom is 0.197 e. The number of aryl methyl sites for hydroxylation is 1. The van der Waals surface area contributed by atoms with Crippen LogP contribution in [0, 0.1) is 6.92 Å².